The van der Waals surface area contributed by atoms with Crippen LogP contribution >= 0.6 is 0 Å². The van der Waals surface area contributed by atoms with Crippen molar-refractivity contribution in [3.63, 3.8) is 0 Å². The van der Waals surface area contributed by atoms with Crippen LogP contribution < -0.4 is 10.9 Å². The van der Waals surface area contributed by atoms with Crippen molar-refractivity contribution < 1.29 is 19.8 Å². The Balaban J connectivity index is 2.82. The third kappa shape index (κ3) is 3.14. The maximum Gasteiger partial charge on any atom is 0.322 e. The van der Waals surface area contributed by atoms with Gasteiger partial charge in [0.1, 0.15) is 6.54 Å². The molecule has 0 aliphatic rings. The van der Waals surface area contributed by atoms with Gasteiger partial charge in [-0.3, -0.25) is 19.4 Å². The molecule has 0 radical (unpaired) electrons. The fourth-order valence-electron chi connectivity index (χ4n) is 0.918. The average Bonchev–Trinajstić information content (AvgIpc) is 2.12. The summed E-state index contributed by atoms with van der Waals surface area (Å²) in [6, 6.07) is 1.98. The maximum absolute atomic E-state index is 11.2. The zero-order chi connectivity index (χ0) is 11.4. The van der Waals surface area contributed by atoms with E-state index in [9.17, 15) is 14.4 Å². The van der Waals surface area contributed by atoms with Crippen molar-refractivity contribution in [1.29, 1.82) is 0 Å². The van der Waals surface area contributed by atoms with E-state index in [0.29, 0.717) is 0 Å². The van der Waals surface area contributed by atoms with E-state index in [1.54, 1.807) is 0 Å². The summed E-state index contributed by atoms with van der Waals surface area (Å²) in [4.78, 5) is 34.2. The average molecular weight is 212 g/mol. The number of carboxylic acid groups (broad SMARTS) is 1. The van der Waals surface area contributed by atoms with Gasteiger partial charge in [-0.15, -0.1) is 0 Å². The number of aromatic hydroxyl groups is 1. The Kier molecular flexibility index (Phi) is 3.06. The molecule has 1 aromatic rings. The second-order valence-electron chi connectivity index (χ2n) is 2.69. The molecule has 7 nitrogen and oxygen atoms in total. The number of amides is 1. The lowest BCUT2D eigenvalue weighted by molar-refractivity contribution is -0.135. The molecule has 0 fully saturated rings. The van der Waals surface area contributed by atoms with Crippen LogP contribution in [0.5, 0.6) is 5.88 Å². The number of pyridine rings is 1. The SMILES string of the molecule is O=C(O)CNC(=O)c1cc(O)[nH]c(=O)c1. The van der Waals surface area contributed by atoms with Crippen LogP contribution in [-0.2, 0) is 4.79 Å². The Hall–Kier alpha value is -2.31. The summed E-state index contributed by atoms with van der Waals surface area (Å²) in [6.07, 6.45) is 0. The van der Waals surface area contributed by atoms with Gasteiger partial charge in [0.05, 0.1) is 5.56 Å². The highest BCUT2D eigenvalue weighted by Gasteiger charge is 2.08. The molecule has 0 spiro atoms. The highest BCUT2D eigenvalue weighted by molar-refractivity contribution is 5.95. The number of nitrogens with one attached hydrogen (secondary N) is 2. The minimum atomic E-state index is -1.20. The zero-order valence-corrected chi connectivity index (χ0v) is 7.48. The lowest BCUT2D eigenvalue weighted by Crippen LogP contribution is -2.29. The Labute approximate surface area is 83.4 Å². The summed E-state index contributed by atoms with van der Waals surface area (Å²) < 4.78 is 0. The van der Waals surface area contributed by atoms with Crippen molar-refractivity contribution in [1.82, 2.24) is 10.3 Å². The predicted molar refractivity (Wildman–Crippen MR) is 48.7 cm³/mol. The molecule has 4 N–H and O–H groups in total. The number of carbonyl (C=O) groups is 2. The molecular weight excluding hydrogens is 204 g/mol. The van der Waals surface area contributed by atoms with Crippen molar-refractivity contribution >= 4 is 11.9 Å². The van der Waals surface area contributed by atoms with Gasteiger partial charge >= 0.3 is 5.97 Å². The summed E-state index contributed by atoms with van der Waals surface area (Å²) >= 11 is 0. The Morgan fingerprint density at radius 1 is 1.40 bits per heavy atom. The highest BCUT2D eigenvalue weighted by Crippen LogP contribution is 2.03. The van der Waals surface area contributed by atoms with E-state index in [-0.39, 0.29) is 5.56 Å². The predicted octanol–water partition coefficient (Wildman–Crippen LogP) is -1.11. The zero-order valence-electron chi connectivity index (χ0n) is 7.48. The number of carboxylic acids is 1. The van der Waals surface area contributed by atoms with E-state index in [1.807, 2.05) is 4.98 Å². The molecule has 0 saturated heterocycles. The molecule has 0 atom stereocenters. The second kappa shape index (κ2) is 4.27. The smallest absolute Gasteiger partial charge is 0.322 e. The molecule has 1 rings (SSSR count). The number of H-pyrrole nitrogens is 1. The topological polar surface area (TPSA) is 119 Å². The van der Waals surface area contributed by atoms with Crippen LogP contribution in [0.25, 0.3) is 0 Å². The van der Waals surface area contributed by atoms with Crippen molar-refractivity contribution in [2.24, 2.45) is 0 Å². The van der Waals surface area contributed by atoms with Gasteiger partial charge in [-0.2, -0.15) is 0 Å². The van der Waals surface area contributed by atoms with Gasteiger partial charge in [-0.1, -0.05) is 0 Å². The van der Waals surface area contributed by atoms with Gasteiger partial charge in [0.25, 0.3) is 11.5 Å². The minimum absolute atomic E-state index is 0.0995. The number of aromatic amines is 1. The van der Waals surface area contributed by atoms with Crippen LogP contribution in [0.1, 0.15) is 10.4 Å². The summed E-state index contributed by atoms with van der Waals surface area (Å²) in [5, 5.41) is 19.3. The van der Waals surface area contributed by atoms with Crippen LogP contribution in [0.15, 0.2) is 16.9 Å². The first-order chi connectivity index (χ1) is 6.99. The van der Waals surface area contributed by atoms with Crippen molar-refractivity contribution in [3.05, 3.63) is 28.0 Å². The quantitative estimate of drug-likeness (QED) is 0.506. The summed E-state index contributed by atoms with van der Waals surface area (Å²) in [5.41, 5.74) is -0.743. The Morgan fingerprint density at radius 3 is 2.60 bits per heavy atom. The number of aliphatic carboxylic acids is 1. The summed E-state index contributed by atoms with van der Waals surface area (Å²) in [6.45, 7) is -0.549. The highest BCUT2D eigenvalue weighted by atomic mass is 16.4. The van der Waals surface area contributed by atoms with E-state index in [2.05, 4.69) is 5.32 Å². The monoisotopic (exact) mass is 212 g/mol. The number of aromatic nitrogens is 1. The first-order valence-corrected chi connectivity index (χ1v) is 3.92. The fraction of sp³-hybridized carbons (Fsp3) is 0.125. The molecule has 80 valence electrons. The van der Waals surface area contributed by atoms with Crippen molar-refractivity contribution in [2.75, 3.05) is 6.54 Å². The van der Waals surface area contributed by atoms with E-state index >= 15 is 0 Å². The van der Waals surface area contributed by atoms with Crippen LogP contribution in [0.2, 0.25) is 0 Å². The minimum Gasteiger partial charge on any atom is -0.494 e. The largest absolute Gasteiger partial charge is 0.494 e. The number of hydrogen-bond acceptors (Lipinski definition) is 4. The lowest BCUT2D eigenvalue weighted by Gasteiger charge is -2.01. The maximum atomic E-state index is 11.2. The van der Waals surface area contributed by atoms with Crippen LogP contribution in [0, 0.1) is 0 Å². The normalized spacial score (nSPS) is 9.60. The molecular formula is C8H8N2O5. The van der Waals surface area contributed by atoms with Gasteiger partial charge < -0.3 is 15.5 Å². The van der Waals surface area contributed by atoms with E-state index in [1.165, 1.54) is 0 Å². The third-order valence-corrected chi connectivity index (χ3v) is 1.49. The second-order valence-corrected chi connectivity index (χ2v) is 2.69. The fourth-order valence-corrected chi connectivity index (χ4v) is 0.918. The van der Waals surface area contributed by atoms with Crippen molar-refractivity contribution in [2.45, 2.75) is 0 Å². The van der Waals surface area contributed by atoms with Gasteiger partial charge in [0.15, 0.2) is 5.88 Å². The number of hydrogen-bond donors (Lipinski definition) is 4. The first kappa shape index (κ1) is 10.8. The molecule has 1 aromatic heterocycles. The molecule has 0 aromatic carbocycles. The number of carbonyl (C=O) groups excluding carboxylic acids is 1. The molecule has 7 heteroatoms. The van der Waals surface area contributed by atoms with Crippen molar-refractivity contribution in [3.8, 4) is 5.88 Å². The first-order valence-electron chi connectivity index (χ1n) is 3.92. The molecule has 0 aliphatic heterocycles. The Morgan fingerprint density at radius 2 is 2.07 bits per heavy atom. The van der Waals surface area contributed by atoms with Gasteiger partial charge in [0.2, 0.25) is 0 Å². The van der Waals surface area contributed by atoms with Gasteiger partial charge in [0, 0.05) is 12.1 Å². The molecule has 0 unspecified atom stereocenters. The van der Waals surface area contributed by atoms with Crippen LogP contribution in [0.3, 0.4) is 0 Å². The standard InChI is InChI=1S/C8H8N2O5/c11-5-1-4(2-6(12)10-5)8(15)9-3-7(13)14/h1-2H,3H2,(H,9,15)(H,13,14)(H2,10,11,12). The van der Waals surface area contributed by atoms with E-state index in [0.717, 1.165) is 12.1 Å². The molecule has 0 saturated carbocycles. The molecule has 1 amide bonds. The van der Waals surface area contributed by atoms with E-state index < -0.39 is 29.9 Å². The lowest BCUT2D eigenvalue weighted by atomic mass is 10.2. The number of rotatable bonds is 3. The van der Waals surface area contributed by atoms with E-state index in [4.69, 9.17) is 10.2 Å². The summed E-state index contributed by atoms with van der Waals surface area (Å²) in [7, 11) is 0. The molecule has 15 heavy (non-hydrogen) atoms. The van der Waals surface area contributed by atoms with Crippen LogP contribution in [-0.4, -0.2) is 33.6 Å². The van der Waals surface area contributed by atoms with Gasteiger partial charge in [-0.25, -0.2) is 0 Å². The Bertz CT molecular complexity index is 451. The van der Waals surface area contributed by atoms with Crippen LogP contribution in [0.4, 0.5) is 0 Å². The molecule has 0 bridgehead atoms. The molecule has 1 heterocycles. The molecule has 0 aliphatic carbocycles. The third-order valence-electron chi connectivity index (χ3n) is 1.49. The van der Waals surface area contributed by atoms with Gasteiger partial charge in [-0.05, 0) is 0 Å². The summed E-state index contributed by atoms with van der Waals surface area (Å²) in [5.74, 6) is -2.39.